The topological polar surface area (TPSA) is 71.3 Å². The maximum atomic E-state index is 12.1. The van der Waals surface area contributed by atoms with E-state index < -0.39 is 0 Å². The van der Waals surface area contributed by atoms with Gasteiger partial charge in [-0.3, -0.25) is 9.59 Å². The molecule has 0 radical (unpaired) electrons. The molecule has 3 aromatic rings. The first-order valence-electron chi connectivity index (χ1n) is 7.48. The van der Waals surface area contributed by atoms with Gasteiger partial charge in [0.2, 0.25) is 0 Å². The minimum absolute atomic E-state index is 0.152. The number of furan rings is 1. The van der Waals surface area contributed by atoms with Crippen molar-refractivity contribution in [3.63, 3.8) is 0 Å². The fourth-order valence-electron chi connectivity index (χ4n) is 2.16. The van der Waals surface area contributed by atoms with Crippen molar-refractivity contribution in [1.29, 1.82) is 0 Å². The molecule has 0 spiro atoms. The van der Waals surface area contributed by atoms with Crippen molar-refractivity contribution < 1.29 is 14.0 Å². The molecular formula is C18H16N2O3S. The van der Waals surface area contributed by atoms with Gasteiger partial charge in [0.1, 0.15) is 5.76 Å². The van der Waals surface area contributed by atoms with E-state index in [4.69, 9.17) is 4.42 Å². The number of nitrogens with one attached hydrogen (secondary N) is 2. The van der Waals surface area contributed by atoms with Gasteiger partial charge in [0.15, 0.2) is 0 Å². The third-order valence-corrected chi connectivity index (χ3v) is 4.26. The van der Waals surface area contributed by atoms with E-state index in [1.165, 1.54) is 11.3 Å². The molecule has 2 N–H and O–H groups in total. The van der Waals surface area contributed by atoms with E-state index >= 15 is 0 Å². The molecule has 0 aliphatic heterocycles. The Labute approximate surface area is 143 Å². The maximum absolute atomic E-state index is 12.1. The van der Waals surface area contributed by atoms with Crippen LogP contribution in [0.4, 0.5) is 5.69 Å². The molecule has 122 valence electrons. The monoisotopic (exact) mass is 340 g/mol. The SMILES string of the molecule is O=C(NCCc1ccco1)c1ccc(NC(=O)c2cccs2)cc1. The third-order valence-electron chi connectivity index (χ3n) is 3.39. The van der Waals surface area contributed by atoms with Gasteiger partial charge < -0.3 is 15.1 Å². The second-order valence-corrected chi connectivity index (χ2v) is 6.04. The lowest BCUT2D eigenvalue weighted by Crippen LogP contribution is -2.25. The van der Waals surface area contributed by atoms with Crippen LogP contribution in [-0.4, -0.2) is 18.4 Å². The van der Waals surface area contributed by atoms with Crippen LogP contribution in [-0.2, 0) is 6.42 Å². The molecule has 1 aromatic carbocycles. The van der Waals surface area contributed by atoms with E-state index in [2.05, 4.69) is 10.6 Å². The van der Waals surface area contributed by atoms with Crippen LogP contribution < -0.4 is 10.6 Å². The lowest BCUT2D eigenvalue weighted by molar-refractivity contribution is 0.0953. The van der Waals surface area contributed by atoms with E-state index in [0.29, 0.717) is 29.1 Å². The summed E-state index contributed by atoms with van der Waals surface area (Å²) in [6, 6.07) is 14.1. The predicted molar refractivity (Wildman–Crippen MR) is 93.5 cm³/mol. The summed E-state index contributed by atoms with van der Waals surface area (Å²) in [5.41, 5.74) is 1.20. The molecule has 0 aliphatic rings. The number of carbonyl (C=O) groups is 2. The highest BCUT2D eigenvalue weighted by Gasteiger charge is 2.08. The number of thiophene rings is 1. The molecule has 5 nitrogen and oxygen atoms in total. The smallest absolute Gasteiger partial charge is 0.265 e. The fraction of sp³-hybridized carbons (Fsp3) is 0.111. The van der Waals surface area contributed by atoms with Crippen molar-refractivity contribution in [3.05, 3.63) is 76.4 Å². The number of hydrogen-bond acceptors (Lipinski definition) is 4. The molecule has 0 aliphatic carbocycles. The zero-order chi connectivity index (χ0) is 16.8. The van der Waals surface area contributed by atoms with Gasteiger partial charge in [-0.1, -0.05) is 6.07 Å². The molecule has 0 atom stereocenters. The number of anilines is 1. The highest BCUT2D eigenvalue weighted by Crippen LogP contribution is 2.14. The van der Waals surface area contributed by atoms with Gasteiger partial charge in [0.05, 0.1) is 11.1 Å². The van der Waals surface area contributed by atoms with Gasteiger partial charge in [-0.15, -0.1) is 11.3 Å². The lowest BCUT2D eigenvalue weighted by atomic mass is 10.2. The van der Waals surface area contributed by atoms with Gasteiger partial charge in [0.25, 0.3) is 11.8 Å². The summed E-state index contributed by atoms with van der Waals surface area (Å²) in [5.74, 6) is 0.528. The van der Waals surface area contributed by atoms with E-state index in [1.807, 2.05) is 23.6 Å². The first kappa shape index (κ1) is 16.0. The normalized spacial score (nSPS) is 10.3. The average Bonchev–Trinajstić information content (AvgIpc) is 3.29. The van der Waals surface area contributed by atoms with Gasteiger partial charge in [0, 0.05) is 24.2 Å². The van der Waals surface area contributed by atoms with Crippen molar-refractivity contribution in [2.24, 2.45) is 0 Å². The van der Waals surface area contributed by atoms with Crippen LogP contribution >= 0.6 is 11.3 Å². The molecule has 2 aromatic heterocycles. The number of benzene rings is 1. The quantitative estimate of drug-likeness (QED) is 0.721. The summed E-state index contributed by atoms with van der Waals surface area (Å²) < 4.78 is 5.21. The molecule has 3 rings (SSSR count). The molecular weight excluding hydrogens is 324 g/mol. The van der Waals surface area contributed by atoms with Gasteiger partial charge in [-0.25, -0.2) is 0 Å². The predicted octanol–water partition coefficient (Wildman–Crippen LogP) is 3.57. The molecule has 6 heteroatoms. The van der Waals surface area contributed by atoms with Crippen molar-refractivity contribution >= 4 is 28.8 Å². The standard InChI is InChI=1S/C18H16N2O3S/c21-17(19-10-9-15-3-1-11-23-15)13-5-7-14(8-6-13)20-18(22)16-4-2-12-24-16/h1-8,11-12H,9-10H2,(H,19,21)(H,20,22). The zero-order valence-electron chi connectivity index (χ0n) is 12.8. The highest BCUT2D eigenvalue weighted by atomic mass is 32.1. The average molecular weight is 340 g/mol. The Hall–Kier alpha value is -2.86. The molecule has 0 bridgehead atoms. The third kappa shape index (κ3) is 4.11. The van der Waals surface area contributed by atoms with Crippen LogP contribution in [0.15, 0.2) is 64.6 Å². The minimum atomic E-state index is -0.155. The van der Waals surface area contributed by atoms with Crippen molar-refractivity contribution in [1.82, 2.24) is 5.32 Å². The van der Waals surface area contributed by atoms with E-state index in [9.17, 15) is 9.59 Å². The van der Waals surface area contributed by atoms with Crippen molar-refractivity contribution in [2.75, 3.05) is 11.9 Å². The van der Waals surface area contributed by atoms with Gasteiger partial charge >= 0.3 is 0 Å². The molecule has 24 heavy (non-hydrogen) atoms. The Bertz CT molecular complexity index is 793. The summed E-state index contributed by atoms with van der Waals surface area (Å²) in [5, 5.41) is 7.49. The van der Waals surface area contributed by atoms with Crippen LogP contribution in [0.2, 0.25) is 0 Å². The summed E-state index contributed by atoms with van der Waals surface area (Å²) >= 11 is 1.38. The first-order chi connectivity index (χ1) is 11.7. The van der Waals surface area contributed by atoms with Crippen LogP contribution in [0.1, 0.15) is 25.8 Å². The first-order valence-corrected chi connectivity index (χ1v) is 8.36. The highest BCUT2D eigenvalue weighted by molar-refractivity contribution is 7.12. The minimum Gasteiger partial charge on any atom is -0.469 e. The van der Waals surface area contributed by atoms with E-state index in [-0.39, 0.29) is 11.8 Å². The fourth-order valence-corrected chi connectivity index (χ4v) is 2.78. The number of carbonyl (C=O) groups excluding carboxylic acids is 2. The Balaban J connectivity index is 1.51. The Morgan fingerprint density at radius 2 is 1.83 bits per heavy atom. The van der Waals surface area contributed by atoms with Crippen LogP contribution in [0.5, 0.6) is 0 Å². The van der Waals surface area contributed by atoms with Gasteiger partial charge in [-0.2, -0.15) is 0 Å². The van der Waals surface area contributed by atoms with E-state index in [0.717, 1.165) is 5.76 Å². The van der Waals surface area contributed by atoms with Gasteiger partial charge in [-0.05, 0) is 47.8 Å². The summed E-state index contributed by atoms with van der Waals surface area (Å²) in [4.78, 5) is 24.7. The second kappa shape index (κ2) is 7.61. The molecule has 2 amide bonds. The van der Waals surface area contributed by atoms with Crippen LogP contribution in [0.3, 0.4) is 0 Å². The second-order valence-electron chi connectivity index (χ2n) is 5.09. The Morgan fingerprint density at radius 1 is 1.00 bits per heavy atom. The summed E-state index contributed by atoms with van der Waals surface area (Å²) in [6.45, 7) is 0.503. The number of rotatable bonds is 6. The Morgan fingerprint density at radius 3 is 2.50 bits per heavy atom. The maximum Gasteiger partial charge on any atom is 0.265 e. The lowest BCUT2D eigenvalue weighted by Gasteiger charge is -2.06. The number of amides is 2. The largest absolute Gasteiger partial charge is 0.469 e. The molecule has 0 unspecified atom stereocenters. The van der Waals surface area contributed by atoms with Crippen LogP contribution in [0.25, 0.3) is 0 Å². The van der Waals surface area contributed by atoms with E-state index in [1.54, 1.807) is 36.6 Å². The molecule has 0 saturated carbocycles. The van der Waals surface area contributed by atoms with Crippen molar-refractivity contribution in [3.8, 4) is 0 Å². The molecule has 0 fully saturated rings. The number of hydrogen-bond donors (Lipinski definition) is 2. The van der Waals surface area contributed by atoms with Crippen LogP contribution in [0, 0.1) is 0 Å². The Kier molecular flexibility index (Phi) is 5.08. The summed E-state index contributed by atoms with van der Waals surface area (Å²) in [6.07, 6.45) is 2.26. The molecule has 0 saturated heterocycles. The van der Waals surface area contributed by atoms with Crippen molar-refractivity contribution in [2.45, 2.75) is 6.42 Å². The zero-order valence-corrected chi connectivity index (χ0v) is 13.6. The summed E-state index contributed by atoms with van der Waals surface area (Å²) in [7, 11) is 0. The molecule has 2 heterocycles.